The van der Waals surface area contributed by atoms with Crippen LogP contribution in [0, 0.1) is 11.8 Å². The first-order valence-corrected chi connectivity index (χ1v) is 10.3. The predicted molar refractivity (Wildman–Crippen MR) is 103 cm³/mol. The topological polar surface area (TPSA) is 90.7 Å². The maximum absolute atomic E-state index is 12.4. The fourth-order valence-electron chi connectivity index (χ4n) is 3.80. The number of carboxylic acids is 1. The van der Waals surface area contributed by atoms with Crippen molar-refractivity contribution in [2.24, 2.45) is 11.8 Å². The molecular formula is C19H18N2O4S2. The summed E-state index contributed by atoms with van der Waals surface area (Å²) in [7, 11) is 0. The number of β-lactam (4-membered cyclic amide) rings is 1. The summed E-state index contributed by atoms with van der Waals surface area (Å²) < 4.78 is 0.734. The van der Waals surface area contributed by atoms with E-state index in [0.717, 1.165) is 15.6 Å². The Bertz CT molecular complexity index is 938. The number of thioether (sulfide) groups is 1. The van der Waals surface area contributed by atoms with Gasteiger partial charge in [0.25, 0.3) is 0 Å². The zero-order valence-electron chi connectivity index (χ0n) is 14.7. The summed E-state index contributed by atoms with van der Waals surface area (Å²) in [5.41, 5.74) is 1.86. The minimum Gasteiger partial charge on any atom is -0.477 e. The highest BCUT2D eigenvalue weighted by molar-refractivity contribution is 8.04. The van der Waals surface area contributed by atoms with Crippen LogP contribution in [0.3, 0.4) is 0 Å². The molecule has 1 aromatic heterocycles. The molecule has 1 aromatic carbocycles. The number of rotatable bonds is 5. The lowest BCUT2D eigenvalue weighted by Crippen LogP contribution is -2.63. The van der Waals surface area contributed by atoms with E-state index in [1.807, 2.05) is 42.6 Å². The van der Waals surface area contributed by atoms with Crippen molar-refractivity contribution in [2.75, 3.05) is 0 Å². The zero-order valence-corrected chi connectivity index (χ0v) is 16.3. The van der Waals surface area contributed by atoms with E-state index in [9.17, 15) is 19.8 Å². The van der Waals surface area contributed by atoms with Gasteiger partial charge in [0, 0.05) is 21.8 Å². The SMILES string of the molecule is CC(O)[C@@H]1C(=O)N2C(C(=O)O)=C(Sc3nc(-c4ccccc4)cs3)[C@H](C)[C@@H]12. The van der Waals surface area contributed by atoms with E-state index in [1.165, 1.54) is 28.0 Å². The highest BCUT2D eigenvalue weighted by Gasteiger charge is 2.60. The Labute approximate surface area is 164 Å². The Morgan fingerprint density at radius 2 is 2.04 bits per heavy atom. The smallest absolute Gasteiger partial charge is 0.353 e. The highest BCUT2D eigenvalue weighted by Crippen LogP contribution is 2.52. The van der Waals surface area contributed by atoms with Crippen LogP contribution < -0.4 is 0 Å². The van der Waals surface area contributed by atoms with Crippen molar-refractivity contribution in [3.8, 4) is 11.3 Å². The van der Waals surface area contributed by atoms with Crippen LogP contribution in [0.2, 0.25) is 0 Å². The number of carbonyl (C=O) groups is 2. The number of nitrogens with zero attached hydrogens (tertiary/aromatic N) is 2. The lowest BCUT2D eigenvalue weighted by Gasteiger charge is -2.46. The molecule has 2 aromatic rings. The molecule has 3 heterocycles. The van der Waals surface area contributed by atoms with Gasteiger partial charge in [0.2, 0.25) is 5.91 Å². The Morgan fingerprint density at radius 3 is 2.67 bits per heavy atom. The lowest BCUT2D eigenvalue weighted by molar-refractivity contribution is -0.163. The molecule has 1 amide bonds. The van der Waals surface area contributed by atoms with Gasteiger partial charge in [0.1, 0.15) is 5.70 Å². The molecule has 0 bridgehead atoms. The second kappa shape index (κ2) is 6.78. The molecule has 0 saturated carbocycles. The summed E-state index contributed by atoms with van der Waals surface area (Å²) in [4.78, 5) is 30.8. The number of carboxylic acid groups (broad SMARTS) is 1. The second-order valence-corrected chi connectivity index (χ2v) is 8.89. The molecule has 0 spiro atoms. The minimum absolute atomic E-state index is 0.0239. The van der Waals surface area contributed by atoms with Gasteiger partial charge in [-0.2, -0.15) is 0 Å². The molecule has 2 aliphatic heterocycles. The van der Waals surface area contributed by atoms with E-state index in [1.54, 1.807) is 6.92 Å². The Balaban J connectivity index is 1.64. The molecular weight excluding hydrogens is 384 g/mol. The van der Waals surface area contributed by atoms with Crippen molar-refractivity contribution in [1.82, 2.24) is 9.88 Å². The van der Waals surface area contributed by atoms with Crippen LogP contribution in [0.1, 0.15) is 13.8 Å². The van der Waals surface area contributed by atoms with Crippen molar-refractivity contribution in [3.05, 3.63) is 46.3 Å². The number of amides is 1. The molecule has 4 atom stereocenters. The summed E-state index contributed by atoms with van der Waals surface area (Å²) in [6.07, 6.45) is -0.801. The van der Waals surface area contributed by atoms with Crippen molar-refractivity contribution >= 4 is 35.0 Å². The van der Waals surface area contributed by atoms with Crippen molar-refractivity contribution in [2.45, 2.75) is 30.3 Å². The molecule has 1 unspecified atom stereocenters. The number of carbonyl (C=O) groups excluding carboxylic acids is 1. The van der Waals surface area contributed by atoms with E-state index in [4.69, 9.17) is 0 Å². The van der Waals surface area contributed by atoms with Gasteiger partial charge in [-0.05, 0) is 6.92 Å². The summed E-state index contributed by atoms with van der Waals surface area (Å²) in [5.74, 6) is -2.16. The van der Waals surface area contributed by atoms with E-state index in [2.05, 4.69) is 4.98 Å². The lowest BCUT2D eigenvalue weighted by atomic mass is 9.79. The van der Waals surface area contributed by atoms with Crippen LogP contribution in [-0.4, -0.2) is 44.1 Å². The number of thiazole rings is 1. The Morgan fingerprint density at radius 1 is 1.33 bits per heavy atom. The zero-order chi connectivity index (χ0) is 19.3. The van der Waals surface area contributed by atoms with E-state index in [0.29, 0.717) is 4.91 Å². The van der Waals surface area contributed by atoms with Gasteiger partial charge in [0.15, 0.2) is 4.34 Å². The molecule has 2 N–H and O–H groups in total. The maximum Gasteiger partial charge on any atom is 0.353 e. The largest absolute Gasteiger partial charge is 0.477 e. The van der Waals surface area contributed by atoms with Gasteiger partial charge in [-0.15, -0.1) is 11.3 Å². The fourth-order valence-corrected chi connectivity index (χ4v) is 5.89. The number of fused-ring (bicyclic) bond motifs is 1. The monoisotopic (exact) mass is 402 g/mol. The van der Waals surface area contributed by atoms with E-state index in [-0.39, 0.29) is 23.6 Å². The number of aromatic nitrogens is 1. The highest BCUT2D eigenvalue weighted by atomic mass is 32.2. The quantitative estimate of drug-likeness (QED) is 0.747. The molecule has 2 aliphatic rings. The van der Waals surface area contributed by atoms with Gasteiger partial charge < -0.3 is 15.1 Å². The normalized spacial score (nSPS) is 25.4. The van der Waals surface area contributed by atoms with Gasteiger partial charge in [-0.3, -0.25) is 4.79 Å². The number of benzene rings is 1. The Hall–Kier alpha value is -2.16. The molecule has 4 rings (SSSR count). The van der Waals surface area contributed by atoms with E-state index < -0.39 is 18.0 Å². The molecule has 140 valence electrons. The van der Waals surface area contributed by atoms with Gasteiger partial charge in [0.05, 0.1) is 23.8 Å². The number of hydrogen-bond donors (Lipinski definition) is 2. The van der Waals surface area contributed by atoms with Crippen LogP contribution in [0.15, 0.2) is 50.7 Å². The number of aliphatic carboxylic acids is 1. The summed E-state index contributed by atoms with van der Waals surface area (Å²) in [6.45, 7) is 3.48. The summed E-state index contributed by atoms with van der Waals surface area (Å²) >= 11 is 2.75. The molecule has 0 aliphatic carbocycles. The summed E-state index contributed by atoms with van der Waals surface area (Å²) in [5, 5.41) is 21.5. The molecule has 27 heavy (non-hydrogen) atoms. The standard InChI is InChI=1S/C19H18N2O4S2/c1-9-14-13(10(2)22)17(23)21(14)15(18(24)25)16(9)27-19-20-12(8-26-19)11-6-4-3-5-7-11/h3-10,13-14,22H,1-2H3,(H,24,25)/t9-,10?,13+,14+/m1/s1. The van der Waals surface area contributed by atoms with Crippen LogP contribution in [0.4, 0.5) is 0 Å². The Kier molecular flexibility index (Phi) is 4.57. The van der Waals surface area contributed by atoms with Gasteiger partial charge in [-0.25, -0.2) is 9.78 Å². The maximum atomic E-state index is 12.4. The number of aliphatic hydroxyl groups excluding tert-OH is 1. The molecule has 0 radical (unpaired) electrons. The first-order valence-electron chi connectivity index (χ1n) is 8.57. The predicted octanol–water partition coefficient (Wildman–Crippen LogP) is 3.06. The average Bonchev–Trinajstić information content (AvgIpc) is 3.18. The van der Waals surface area contributed by atoms with E-state index >= 15 is 0 Å². The van der Waals surface area contributed by atoms with Gasteiger partial charge >= 0.3 is 5.97 Å². The average molecular weight is 402 g/mol. The van der Waals surface area contributed by atoms with Crippen molar-refractivity contribution in [1.29, 1.82) is 0 Å². The number of hydrogen-bond acceptors (Lipinski definition) is 6. The summed E-state index contributed by atoms with van der Waals surface area (Å²) in [6, 6.07) is 9.47. The van der Waals surface area contributed by atoms with Gasteiger partial charge in [-0.1, -0.05) is 49.0 Å². The minimum atomic E-state index is -1.12. The van der Waals surface area contributed by atoms with Crippen LogP contribution in [0.5, 0.6) is 0 Å². The van der Waals surface area contributed by atoms with Crippen molar-refractivity contribution < 1.29 is 19.8 Å². The first kappa shape index (κ1) is 18.2. The van der Waals surface area contributed by atoms with Crippen LogP contribution >= 0.6 is 23.1 Å². The molecule has 8 heteroatoms. The first-order chi connectivity index (χ1) is 12.9. The van der Waals surface area contributed by atoms with Crippen molar-refractivity contribution in [3.63, 3.8) is 0 Å². The molecule has 6 nitrogen and oxygen atoms in total. The third kappa shape index (κ3) is 2.88. The van der Waals surface area contributed by atoms with Crippen LogP contribution in [-0.2, 0) is 9.59 Å². The fraction of sp³-hybridized carbons (Fsp3) is 0.316. The second-order valence-electron chi connectivity index (χ2n) is 6.74. The molecule has 1 saturated heterocycles. The molecule has 1 fully saturated rings. The third-order valence-electron chi connectivity index (χ3n) is 5.06. The third-order valence-corrected chi connectivity index (χ3v) is 7.28. The van der Waals surface area contributed by atoms with Crippen LogP contribution in [0.25, 0.3) is 11.3 Å². The number of aliphatic hydroxyl groups is 1.